The zero-order chi connectivity index (χ0) is 14.2. The predicted molar refractivity (Wildman–Crippen MR) is 85.9 cm³/mol. The van der Waals surface area contributed by atoms with E-state index in [9.17, 15) is 4.79 Å². The van der Waals surface area contributed by atoms with E-state index >= 15 is 0 Å². The number of rotatable bonds is 2. The lowest BCUT2D eigenvalue weighted by atomic mass is 9.74. The average molecular weight is 332 g/mol. The van der Waals surface area contributed by atoms with E-state index < -0.39 is 5.54 Å². The minimum absolute atomic E-state index is 0. The van der Waals surface area contributed by atoms with Gasteiger partial charge in [0.05, 0.1) is 29.7 Å². The van der Waals surface area contributed by atoms with Crippen molar-refractivity contribution in [2.75, 3.05) is 11.9 Å². The number of carbonyl (C=O) groups excluding carboxylic acids is 1. The molecule has 2 heterocycles. The van der Waals surface area contributed by atoms with E-state index in [1.165, 1.54) is 11.3 Å². The Morgan fingerprint density at radius 1 is 1.52 bits per heavy atom. The van der Waals surface area contributed by atoms with Gasteiger partial charge < -0.3 is 15.8 Å². The number of anilines is 1. The number of aromatic nitrogens is 1. The maximum Gasteiger partial charge on any atom is 0.231 e. The molecule has 1 aromatic rings. The van der Waals surface area contributed by atoms with E-state index in [0.717, 1.165) is 42.7 Å². The van der Waals surface area contributed by atoms with Crippen LogP contribution in [0.5, 0.6) is 0 Å². The molecule has 0 spiro atoms. The summed E-state index contributed by atoms with van der Waals surface area (Å²) in [5.74, 6) is -0.102. The van der Waals surface area contributed by atoms with Gasteiger partial charge in [0.2, 0.25) is 5.91 Å². The summed E-state index contributed by atoms with van der Waals surface area (Å²) < 4.78 is 5.40. The van der Waals surface area contributed by atoms with Crippen LogP contribution in [0.4, 0.5) is 5.13 Å². The fourth-order valence-electron chi connectivity index (χ4n) is 3.06. The Kier molecular flexibility index (Phi) is 5.24. The summed E-state index contributed by atoms with van der Waals surface area (Å²) in [6, 6.07) is 0. The third-order valence-electron chi connectivity index (χ3n) is 4.30. The molecule has 1 aromatic heterocycles. The van der Waals surface area contributed by atoms with Gasteiger partial charge in [-0.05, 0) is 19.8 Å². The fraction of sp³-hybridized carbons (Fsp3) is 0.714. The van der Waals surface area contributed by atoms with Crippen molar-refractivity contribution in [2.45, 2.75) is 51.2 Å². The Morgan fingerprint density at radius 2 is 2.33 bits per heavy atom. The van der Waals surface area contributed by atoms with Gasteiger partial charge >= 0.3 is 0 Å². The monoisotopic (exact) mass is 331 g/mol. The minimum Gasteiger partial charge on any atom is -0.375 e. The molecule has 118 valence electrons. The molecule has 5 nitrogen and oxygen atoms in total. The number of carbonyl (C=O) groups is 1. The summed E-state index contributed by atoms with van der Waals surface area (Å²) in [5, 5.41) is 3.64. The summed E-state index contributed by atoms with van der Waals surface area (Å²) in [5.41, 5.74) is 6.94. The number of halogens is 1. The van der Waals surface area contributed by atoms with Crippen LogP contribution in [0.1, 0.15) is 43.2 Å². The van der Waals surface area contributed by atoms with E-state index in [4.69, 9.17) is 10.5 Å². The summed E-state index contributed by atoms with van der Waals surface area (Å²) in [4.78, 5) is 18.1. The second-order valence-corrected chi connectivity index (χ2v) is 7.07. The van der Waals surface area contributed by atoms with Crippen molar-refractivity contribution in [3.63, 3.8) is 0 Å². The van der Waals surface area contributed by atoms with Gasteiger partial charge in [0.1, 0.15) is 0 Å². The van der Waals surface area contributed by atoms with Gasteiger partial charge in [-0.25, -0.2) is 4.98 Å². The highest BCUT2D eigenvalue weighted by Crippen LogP contribution is 2.33. The van der Waals surface area contributed by atoms with Crippen LogP contribution in [0, 0.1) is 5.92 Å². The Bertz CT molecular complexity index is 495. The van der Waals surface area contributed by atoms with Gasteiger partial charge in [-0.15, -0.1) is 12.4 Å². The molecule has 3 N–H and O–H groups in total. The molecule has 0 aromatic carbocycles. The quantitative estimate of drug-likeness (QED) is 0.872. The minimum atomic E-state index is -0.400. The molecule has 1 fully saturated rings. The lowest BCUT2D eigenvalue weighted by Gasteiger charge is -2.36. The van der Waals surface area contributed by atoms with Crippen molar-refractivity contribution in [3.8, 4) is 0 Å². The van der Waals surface area contributed by atoms with Crippen molar-refractivity contribution in [1.82, 2.24) is 4.98 Å². The molecule has 1 aliphatic carbocycles. The van der Waals surface area contributed by atoms with Crippen molar-refractivity contribution in [2.24, 2.45) is 11.7 Å². The molecular weight excluding hydrogens is 310 g/mol. The van der Waals surface area contributed by atoms with Crippen LogP contribution in [0.15, 0.2) is 0 Å². The number of nitrogens with one attached hydrogen (secondary N) is 1. The maximum atomic E-state index is 12.4. The van der Waals surface area contributed by atoms with E-state index in [2.05, 4.69) is 10.3 Å². The van der Waals surface area contributed by atoms with Crippen LogP contribution in [0.25, 0.3) is 0 Å². The summed E-state index contributed by atoms with van der Waals surface area (Å²) in [6.45, 7) is 3.31. The normalized spacial score (nSPS) is 28.4. The Balaban J connectivity index is 0.00000161. The molecular formula is C14H22ClN3O2S. The Labute approximate surface area is 135 Å². The zero-order valence-corrected chi connectivity index (χ0v) is 13.8. The van der Waals surface area contributed by atoms with Crippen molar-refractivity contribution >= 4 is 34.8 Å². The zero-order valence-electron chi connectivity index (χ0n) is 12.2. The van der Waals surface area contributed by atoms with Gasteiger partial charge in [0.25, 0.3) is 0 Å². The predicted octanol–water partition coefficient (Wildman–Crippen LogP) is 2.48. The maximum absolute atomic E-state index is 12.4. The molecule has 0 saturated heterocycles. The van der Waals surface area contributed by atoms with Gasteiger partial charge in [-0.1, -0.05) is 24.2 Å². The fourth-order valence-corrected chi connectivity index (χ4v) is 4.01. The molecule has 21 heavy (non-hydrogen) atoms. The van der Waals surface area contributed by atoms with Gasteiger partial charge in [0, 0.05) is 12.0 Å². The number of hydrogen-bond donors (Lipinski definition) is 2. The largest absolute Gasteiger partial charge is 0.375 e. The van der Waals surface area contributed by atoms with Gasteiger partial charge in [0.15, 0.2) is 5.13 Å². The number of fused-ring (bicyclic) bond motifs is 1. The molecule has 0 radical (unpaired) electrons. The van der Waals surface area contributed by atoms with Crippen LogP contribution < -0.4 is 11.1 Å². The number of nitrogens with two attached hydrogens (primary N) is 1. The van der Waals surface area contributed by atoms with E-state index in [1.54, 1.807) is 0 Å². The number of thiazole rings is 1. The smallest absolute Gasteiger partial charge is 0.231 e. The molecule has 3 rings (SSSR count). The van der Waals surface area contributed by atoms with Gasteiger partial charge in [-0.3, -0.25) is 4.79 Å². The first kappa shape index (κ1) is 16.7. The highest BCUT2D eigenvalue weighted by atomic mass is 35.5. The molecule has 7 heteroatoms. The molecule has 2 aliphatic rings. The number of ether oxygens (including phenoxy) is 1. The van der Waals surface area contributed by atoms with E-state index in [1.807, 2.05) is 6.92 Å². The lowest BCUT2D eigenvalue weighted by molar-refractivity contribution is -0.122. The van der Waals surface area contributed by atoms with E-state index in [0.29, 0.717) is 18.3 Å². The van der Waals surface area contributed by atoms with E-state index in [-0.39, 0.29) is 24.2 Å². The number of amides is 1. The van der Waals surface area contributed by atoms with Crippen LogP contribution in [0.2, 0.25) is 0 Å². The Morgan fingerprint density at radius 3 is 3.05 bits per heavy atom. The molecule has 1 aliphatic heterocycles. The lowest BCUT2D eigenvalue weighted by Crippen LogP contribution is -2.51. The van der Waals surface area contributed by atoms with Gasteiger partial charge in [-0.2, -0.15) is 0 Å². The highest BCUT2D eigenvalue weighted by Gasteiger charge is 2.38. The number of hydrogen-bond acceptors (Lipinski definition) is 5. The topological polar surface area (TPSA) is 77.2 Å². The second kappa shape index (κ2) is 6.60. The molecule has 1 saturated carbocycles. The molecule has 2 unspecified atom stereocenters. The third-order valence-corrected chi connectivity index (χ3v) is 5.28. The summed E-state index contributed by atoms with van der Waals surface area (Å²) >= 11 is 1.52. The SMILES string of the molecule is CC1(N)CCCCC1C(=O)Nc1nc2c(s1)COCC2.Cl. The van der Waals surface area contributed by atoms with Crippen LogP contribution in [-0.4, -0.2) is 23.0 Å². The van der Waals surface area contributed by atoms with Crippen molar-refractivity contribution in [3.05, 3.63) is 10.6 Å². The van der Waals surface area contributed by atoms with Crippen LogP contribution >= 0.6 is 23.7 Å². The molecule has 0 bridgehead atoms. The van der Waals surface area contributed by atoms with Crippen LogP contribution in [0.3, 0.4) is 0 Å². The van der Waals surface area contributed by atoms with Crippen molar-refractivity contribution in [1.29, 1.82) is 0 Å². The summed E-state index contributed by atoms with van der Waals surface area (Å²) in [7, 11) is 0. The number of nitrogens with zero attached hydrogens (tertiary/aromatic N) is 1. The first-order chi connectivity index (χ1) is 9.56. The standard InChI is InChI=1S/C14H21N3O2S.ClH/c1-14(15)6-3-2-4-9(14)12(18)17-13-16-10-5-7-19-8-11(10)20-13;/h9H,2-8,15H2,1H3,(H,16,17,18);1H. The van der Waals surface area contributed by atoms with Crippen molar-refractivity contribution < 1.29 is 9.53 Å². The average Bonchev–Trinajstić information content (AvgIpc) is 2.80. The molecule has 1 amide bonds. The Hall–Kier alpha value is -0.690. The first-order valence-corrected chi connectivity index (χ1v) is 8.04. The third kappa shape index (κ3) is 3.56. The molecule has 2 atom stereocenters. The second-order valence-electron chi connectivity index (χ2n) is 5.98. The summed E-state index contributed by atoms with van der Waals surface area (Å²) in [6.07, 6.45) is 4.80. The van der Waals surface area contributed by atoms with Crippen LogP contribution in [-0.2, 0) is 22.6 Å². The highest BCUT2D eigenvalue weighted by molar-refractivity contribution is 7.15. The first-order valence-electron chi connectivity index (χ1n) is 7.22.